The first-order valence-corrected chi connectivity index (χ1v) is 6.33. The summed E-state index contributed by atoms with van der Waals surface area (Å²) in [5.74, 6) is -0.874. The average Bonchev–Trinajstić information content (AvgIpc) is 2.25. The Morgan fingerprint density at radius 1 is 1.12 bits per heavy atom. The van der Waals surface area contributed by atoms with Crippen LogP contribution in [0.1, 0.15) is 32.6 Å². The Bertz CT molecular complexity index is 342. The zero-order valence-electron chi connectivity index (χ0n) is 9.32. The highest BCUT2D eigenvalue weighted by Crippen LogP contribution is 2.23. The van der Waals surface area contributed by atoms with Crippen molar-refractivity contribution in [3.8, 4) is 0 Å². The largest absolute Gasteiger partial charge is 0.383 e. The fraction of sp³-hybridized carbons (Fsp3) is 0.500. The standard InChI is InChI=1S/C12H16BrF2N/c1-2-3-4-5-6-16-12-8-10(14)9(13)7-11(12)15/h7-8,16H,2-6H2,1H3. The van der Waals surface area contributed by atoms with Crippen LogP contribution in [0.5, 0.6) is 0 Å². The first kappa shape index (κ1) is 13.4. The third-order valence-corrected chi connectivity index (χ3v) is 2.96. The van der Waals surface area contributed by atoms with Crippen molar-refractivity contribution in [1.82, 2.24) is 0 Å². The Labute approximate surface area is 103 Å². The number of anilines is 1. The molecule has 90 valence electrons. The molecule has 0 radical (unpaired) electrons. The molecule has 1 N–H and O–H groups in total. The lowest BCUT2D eigenvalue weighted by Gasteiger charge is -2.08. The molecule has 1 aromatic carbocycles. The molecule has 4 heteroatoms. The zero-order chi connectivity index (χ0) is 12.0. The third-order valence-electron chi connectivity index (χ3n) is 2.36. The number of halogens is 3. The molecule has 0 fully saturated rings. The second-order valence-corrected chi connectivity index (χ2v) is 4.59. The second-order valence-electron chi connectivity index (χ2n) is 3.73. The van der Waals surface area contributed by atoms with E-state index in [4.69, 9.17) is 0 Å². The number of unbranched alkanes of at least 4 members (excludes halogenated alkanes) is 3. The van der Waals surface area contributed by atoms with Crippen molar-refractivity contribution in [2.24, 2.45) is 0 Å². The first-order chi connectivity index (χ1) is 7.65. The van der Waals surface area contributed by atoms with E-state index in [1.165, 1.54) is 18.9 Å². The Morgan fingerprint density at radius 2 is 1.88 bits per heavy atom. The summed E-state index contributed by atoms with van der Waals surface area (Å²) in [5, 5.41) is 2.90. The van der Waals surface area contributed by atoms with Crippen molar-refractivity contribution in [1.29, 1.82) is 0 Å². The molecule has 0 unspecified atom stereocenters. The first-order valence-electron chi connectivity index (χ1n) is 5.53. The maximum Gasteiger partial charge on any atom is 0.147 e. The van der Waals surface area contributed by atoms with Crippen molar-refractivity contribution in [2.75, 3.05) is 11.9 Å². The molecule has 0 heterocycles. The van der Waals surface area contributed by atoms with E-state index in [2.05, 4.69) is 28.2 Å². The molecule has 0 atom stereocenters. The number of hydrogen-bond acceptors (Lipinski definition) is 1. The lowest BCUT2D eigenvalue weighted by atomic mass is 10.2. The van der Waals surface area contributed by atoms with Crippen LogP contribution in [-0.2, 0) is 0 Å². The van der Waals surface area contributed by atoms with Crippen LogP contribution in [0, 0.1) is 11.6 Å². The molecule has 0 aliphatic heterocycles. The minimum Gasteiger partial charge on any atom is -0.383 e. The molecule has 1 rings (SSSR count). The van der Waals surface area contributed by atoms with Crippen LogP contribution < -0.4 is 5.32 Å². The minimum absolute atomic E-state index is 0.154. The quantitative estimate of drug-likeness (QED) is 0.591. The average molecular weight is 292 g/mol. The summed E-state index contributed by atoms with van der Waals surface area (Å²) in [5.41, 5.74) is 0.234. The predicted molar refractivity (Wildman–Crippen MR) is 66.7 cm³/mol. The molecular formula is C12H16BrF2N. The van der Waals surface area contributed by atoms with Crippen LogP contribution in [0.4, 0.5) is 14.5 Å². The van der Waals surface area contributed by atoms with E-state index in [1.54, 1.807) is 0 Å². The summed E-state index contributed by atoms with van der Waals surface area (Å²) in [6.45, 7) is 2.81. The summed E-state index contributed by atoms with van der Waals surface area (Å²) in [6, 6.07) is 2.32. The Morgan fingerprint density at radius 3 is 2.56 bits per heavy atom. The predicted octanol–water partition coefficient (Wildman–Crippen LogP) is 4.72. The lowest BCUT2D eigenvalue weighted by Crippen LogP contribution is -2.04. The van der Waals surface area contributed by atoms with E-state index in [9.17, 15) is 8.78 Å². The van der Waals surface area contributed by atoms with Crippen LogP contribution in [0.15, 0.2) is 16.6 Å². The molecule has 0 spiro atoms. The fourth-order valence-electron chi connectivity index (χ4n) is 1.43. The van der Waals surface area contributed by atoms with Gasteiger partial charge in [-0.15, -0.1) is 0 Å². The number of hydrogen-bond donors (Lipinski definition) is 1. The highest BCUT2D eigenvalue weighted by molar-refractivity contribution is 9.10. The number of benzene rings is 1. The van der Waals surface area contributed by atoms with E-state index in [0.29, 0.717) is 6.54 Å². The van der Waals surface area contributed by atoms with E-state index in [1.807, 2.05) is 0 Å². The molecule has 0 aromatic heterocycles. The van der Waals surface area contributed by atoms with Crippen molar-refractivity contribution in [2.45, 2.75) is 32.6 Å². The van der Waals surface area contributed by atoms with Gasteiger partial charge in [0.15, 0.2) is 0 Å². The smallest absolute Gasteiger partial charge is 0.147 e. The van der Waals surface area contributed by atoms with Crippen molar-refractivity contribution >= 4 is 21.6 Å². The van der Waals surface area contributed by atoms with Gasteiger partial charge >= 0.3 is 0 Å². The van der Waals surface area contributed by atoms with Crippen LogP contribution >= 0.6 is 15.9 Å². The van der Waals surface area contributed by atoms with E-state index < -0.39 is 11.6 Å². The molecule has 16 heavy (non-hydrogen) atoms. The van der Waals surface area contributed by atoms with Crippen molar-refractivity contribution in [3.63, 3.8) is 0 Å². The van der Waals surface area contributed by atoms with Crippen molar-refractivity contribution in [3.05, 3.63) is 28.2 Å². The second kappa shape index (κ2) is 6.84. The SMILES string of the molecule is CCCCCCNc1cc(F)c(Br)cc1F. The van der Waals surface area contributed by atoms with E-state index in [-0.39, 0.29) is 10.2 Å². The number of rotatable bonds is 6. The molecular weight excluding hydrogens is 276 g/mol. The molecule has 0 saturated heterocycles. The molecule has 0 saturated carbocycles. The minimum atomic E-state index is -0.447. The van der Waals surface area contributed by atoms with Crippen LogP contribution in [0.25, 0.3) is 0 Å². The van der Waals surface area contributed by atoms with Gasteiger partial charge in [0.1, 0.15) is 11.6 Å². The van der Waals surface area contributed by atoms with Crippen LogP contribution in [0.3, 0.4) is 0 Å². The van der Waals surface area contributed by atoms with E-state index >= 15 is 0 Å². The van der Waals surface area contributed by atoms with Gasteiger partial charge in [-0.1, -0.05) is 26.2 Å². The van der Waals surface area contributed by atoms with Gasteiger partial charge in [0.05, 0.1) is 10.2 Å². The van der Waals surface area contributed by atoms with Gasteiger partial charge < -0.3 is 5.32 Å². The van der Waals surface area contributed by atoms with Crippen molar-refractivity contribution < 1.29 is 8.78 Å². The highest BCUT2D eigenvalue weighted by Gasteiger charge is 2.07. The molecule has 1 aromatic rings. The molecule has 0 amide bonds. The van der Waals surface area contributed by atoms with Gasteiger partial charge in [0.2, 0.25) is 0 Å². The monoisotopic (exact) mass is 291 g/mol. The Hall–Kier alpha value is -0.640. The summed E-state index contributed by atoms with van der Waals surface area (Å²) in [6.07, 6.45) is 4.44. The zero-order valence-corrected chi connectivity index (χ0v) is 10.9. The maximum absolute atomic E-state index is 13.3. The molecule has 0 bridgehead atoms. The maximum atomic E-state index is 13.3. The highest BCUT2D eigenvalue weighted by atomic mass is 79.9. The lowest BCUT2D eigenvalue weighted by molar-refractivity contribution is 0.595. The summed E-state index contributed by atoms with van der Waals surface area (Å²) >= 11 is 2.94. The van der Waals surface area contributed by atoms with Gasteiger partial charge in [-0.3, -0.25) is 0 Å². The summed E-state index contributed by atoms with van der Waals surface area (Å²) in [7, 11) is 0. The summed E-state index contributed by atoms with van der Waals surface area (Å²) < 4.78 is 26.6. The topological polar surface area (TPSA) is 12.0 Å². The molecule has 0 aliphatic rings. The van der Waals surface area contributed by atoms with Gasteiger partial charge in [0.25, 0.3) is 0 Å². The van der Waals surface area contributed by atoms with Gasteiger partial charge in [-0.2, -0.15) is 0 Å². The van der Waals surface area contributed by atoms with Gasteiger partial charge in [0, 0.05) is 12.6 Å². The molecule has 0 aliphatic carbocycles. The Balaban J connectivity index is 2.45. The van der Waals surface area contributed by atoms with Crippen LogP contribution in [0.2, 0.25) is 0 Å². The summed E-state index contributed by atoms with van der Waals surface area (Å²) in [4.78, 5) is 0. The van der Waals surface area contributed by atoms with Gasteiger partial charge in [-0.25, -0.2) is 8.78 Å². The third kappa shape index (κ3) is 4.08. The van der Waals surface area contributed by atoms with Gasteiger partial charge in [-0.05, 0) is 28.4 Å². The Kier molecular flexibility index (Phi) is 5.74. The van der Waals surface area contributed by atoms with E-state index in [0.717, 1.165) is 18.9 Å². The normalized spacial score (nSPS) is 10.5. The van der Waals surface area contributed by atoms with Crippen LogP contribution in [-0.4, -0.2) is 6.54 Å². The molecule has 1 nitrogen and oxygen atoms in total. The number of nitrogens with one attached hydrogen (secondary N) is 1. The fourth-order valence-corrected chi connectivity index (χ4v) is 1.75.